The molecule has 0 aromatic heterocycles. The van der Waals surface area contributed by atoms with Crippen molar-refractivity contribution < 1.29 is 19.5 Å². The van der Waals surface area contributed by atoms with Crippen LogP contribution in [0.4, 0.5) is 0 Å². The highest BCUT2D eigenvalue weighted by Crippen LogP contribution is 2.25. The minimum Gasteiger partial charge on any atom is -0.480 e. The Morgan fingerprint density at radius 3 is 2.38 bits per heavy atom. The molecule has 1 saturated carbocycles. The van der Waals surface area contributed by atoms with Gasteiger partial charge in [-0.25, -0.2) is 0 Å². The molecule has 0 saturated heterocycles. The topological polar surface area (TPSA) is 101 Å². The van der Waals surface area contributed by atoms with Crippen LogP contribution in [0, 0.1) is 0 Å². The number of carboxylic acids is 1. The zero-order chi connectivity index (χ0) is 15.4. The minimum absolute atomic E-state index is 0.0502. The van der Waals surface area contributed by atoms with Crippen molar-refractivity contribution in [2.45, 2.75) is 31.7 Å². The third kappa shape index (κ3) is 3.59. The number of carbonyl (C=O) groups is 3. The van der Waals surface area contributed by atoms with Gasteiger partial charge >= 0.3 is 5.97 Å². The SMILES string of the molecule is NC(=O)c1cccc(C(=O)N(CC(=O)O)C2CCCC2)c1. The van der Waals surface area contributed by atoms with E-state index in [-0.39, 0.29) is 24.1 Å². The van der Waals surface area contributed by atoms with Crippen LogP contribution in [-0.2, 0) is 4.79 Å². The molecular formula is C15H18N2O4. The van der Waals surface area contributed by atoms with E-state index in [9.17, 15) is 14.4 Å². The van der Waals surface area contributed by atoms with Crippen LogP contribution in [0.25, 0.3) is 0 Å². The molecule has 2 rings (SSSR count). The first kappa shape index (κ1) is 15.0. The predicted molar refractivity (Wildman–Crippen MR) is 75.9 cm³/mol. The second kappa shape index (κ2) is 6.39. The van der Waals surface area contributed by atoms with E-state index in [4.69, 9.17) is 10.8 Å². The van der Waals surface area contributed by atoms with Gasteiger partial charge in [0.2, 0.25) is 5.91 Å². The van der Waals surface area contributed by atoms with Crippen molar-refractivity contribution in [3.8, 4) is 0 Å². The van der Waals surface area contributed by atoms with Crippen molar-refractivity contribution in [1.29, 1.82) is 0 Å². The highest BCUT2D eigenvalue weighted by Gasteiger charge is 2.29. The van der Waals surface area contributed by atoms with Gasteiger partial charge in [0.05, 0.1) is 0 Å². The molecule has 112 valence electrons. The van der Waals surface area contributed by atoms with E-state index in [0.717, 1.165) is 25.7 Å². The fourth-order valence-corrected chi connectivity index (χ4v) is 2.70. The average molecular weight is 290 g/mol. The molecule has 0 aliphatic heterocycles. The molecular weight excluding hydrogens is 272 g/mol. The second-order valence-corrected chi connectivity index (χ2v) is 5.21. The number of amides is 2. The van der Waals surface area contributed by atoms with Gasteiger partial charge in [-0.1, -0.05) is 18.9 Å². The Hall–Kier alpha value is -2.37. The highest BCUT2D eigenvalue weighted by atomic mass is 16.4. The van der Waals surface area contributed by atoms with E-state index >= 15 is 0 Å². The van der Waals surface area contributed by atoms with Gasteiger partial charge in [0, 0.05) is 17.2 Å². The summed E-state index contributed by atoms with van der Waals surface area (Å²) in [6.45, 7) is -0.329. The maximum Gasteiger partial charge on any atom is 0.323 e. The number of primary amides is 1. The molecule has 3 N–H and O–H groups in total. The number of aliphatic carboxylic acids is 1. The molecule has 0 bridgehead atoms. The molecule has 0 spiro atoms. The number of carbonyl (C=O) groups excluding carboxylic acids is 2. The van der Waals surface area contributed by atoms with Gasteiger partial charge in [-0.15, -0.1) is 0 Å². The number of rotatable bonds is 5. The first-order valence-corrected chi connectivity index (χ1v) is 6.91. The molecule has 21 heavy (non-hydrogen) atoms. The summed E-state index contributed by atoms with van der Waals surface area (Å²) in [6, 6.07) is 6.02. The monoisotopic (exact) mass is 290 g/mol. The van der Waals surface area contributed by atoms with E-state index in [1.807, 2.05) is 0 Å². The summed E-state index contributed by atoms with van der Waals surface area (Å²) < 4.78 is 0. The molecule has 1 aromatic carbocycles. The van der Waals surface area contributed by atoms with E-state index in [2.05, 4.69) is 0 Å². The fourth-order valence-electron chi connectivity index (χ4n) is 2.70. The maximum atomic E-state index is 12.6. The van der Waals surface area contributed by atoms with Crippen molar-refractivity contribution in [2.24, 2.45) is 5.73 Å². The number of nitrogens with zero attached hydrogens (tertiary/aromatic N) is 1. The van der Waals surface area contributed by atoms with Gasteiger partial charge in [0.25, 0.3) is 5.91 Å². The molecule has 6 heteroatoms. The van der Waals surface area contributed by atoms with Crippen LogP contribution < -0.4 is 5.73 Å². The fraction of sp³-hybridized carbons (Fsp3) is 0.400. The van der Waals surface area contributed by atoms with Gasteiger partial charge in [0.15, 0.2) is 0 Å². The van der Waals surface area contributed by atoms with Crippen molar-refractivity contribution in [2.75, 3.05) is 6.54 Å². The molecule has 2 amide bonds. The quantitative estimate of drug-likeness (QED) is 0.852. The Kier molecular flexibility index (Phi) is 4.57. The molecule has 6 nitrogen and oxygen atoms in total. The Balaban J connectivity index is 2.26. The minimum atomic E-state index is -1.04. The summed E-state index contributed by atoms with van der Waals surface area (Å²) in [5, 5.41) is 9.01. The molecule has 1 aliphatic rings. The maximum absolute atomic E-state index is 12.6. The molecule has 0 atom stereocenters. The van der Waals surface area contributed by atoms with Crippen molar-refractivity contribution in [3.63, 3.8) is 0 Å². The number of carboxylic acid groups (broad SMARTS) is 1. The smallest absolute Gasteiger partial charge is 0.323 e. The van der Waals surface area contributed by atoms with E-state index in [0.29, 0.717) is 5.56 Å². The number of hydrogen-bond donors (Lipinski definition) is 2. The summed E-state index contributed by atoms with van der Waals surface area (Å²) in [5.74, 6) is -2.02. The standard InChI is InChI=1S/C15H18N2O4/c16-14(20)10-4-3-5-11(8-10)15(21)17(9-13(18)19)12-6-1-2-7-12/h3-5,8,12H,1-2,6-7,9H2,(H2,16,20)(H,18,19). The summed E-state index contributed by atoms with van der Waals surface area (Å²) in [5.41, 5.74) is 5.73. The highest BCUT2D eigenvalue weighted by molar-refractivity contribution is 6.00. The van der Waals surface area contributed by atoms with Crippen LogP contribution in [0.2, 0.25) is 0 Å². The lowest BCUT2D eigenvalue weighted by Gasteiger charge is -2.27. The Morgan fingerprint density at radius 2 is 1.81 bits per heavy atom. The Labute approximate surface area is 122 Å². The zero-order valence-corrected chi connectivity index (χ0v) is 11.6. The largest absolute Gasteiger partial charge is 0.480 e. The van der Waals surface area contributed by atoms with Crippen LogP contribution >= 0.6 is 0 Å². The molecule has 1 aliphatic carbocycles. The molecule has 0 unspecified atom stereocenters. The Morgan fingerprint density at radius 1 is 1.19 bits per heavy atom. The van der Waals surface area contributed by atoms with Crippen LogP contribution in [0.1, 0.15) is 46.4 Å². The number of benzene rings is 1. The third-order valence-corrected chi connectivity index (χ3v) is 3.73. The number of hydrogen-bond acceptors (Lipinski definition) is 3. The molecule has 0 heterocycles. The summed E-state index contributed by atoms with van der Waals surface area (Å²) in [4.78, 5) is 36.1. The lowest BCUT2D eigenvalue weighted by molar-refractivity contribution is -0.138. The lowest BCUT2D eigenvalue weighted by atomic mass is 10.1. The van der Waals surface area contributed by atoms with Gasteiger partial charge in [-0.05, 0) is 31.0 Å². The predicted octanol–water partition coefficient (Wildman–Crippen LogP) is 1.25. The van der Waals surface area contributed by atoms with Gasteiger partial charge in [0.1, 0.15) is 6.54 Å². The van der Waals surface area contributed by atoms with Gasteiger partial charge in [-0.3, -0.25) is 14.4 Å². The van der Waals surface area contributed by atoms with Gasteiger partial charge in [-0.2, -0.15) is 0 Å². The number of nitrogens with two attached hydrogens (primary N) is 1. The van der Waals surface area contributed by atoms with Crippen molar-refractivity contribution in [1.82, 2.24) is 4.90 Å². The summed E-state index contributed by atoms with van der Waals surface area (Å²) in [6.07, 6.45) is 3.62. The summed E-state index contributed by atoms with van der Waals surface area (Å²) >= 11 is 0. The van der Waals surface area contributed by atoms with Crippen LogP contribution in [0.5, 0.6) is 0 Å². The molecule has 0 radical (unpaired) electrons. The van der Waals surface area contributed by atoms with E-state index in [1.165, 1.54) is 17.0 Å². The van der Waals surface area contributed by atoms with Crippen LogP contribution in [0.3, 0.4) is 0 Å². The molecule has 1 fully saturated rings. The van der Waals surface area contributed by atoms with Crippen molar-refractivity contribution >= 4 is 17.8 Å². The third-order valence-electron chi connectivity index (χ3n) is 3.73. The zero-order valence-electron chi connectivity index (χ0n) is 11.6. The van der Waals surface area contributed by atoms with E-state index < -0.39 is 11.9 Å². The first-order valence-electron chi connectivity index (χ1n) is 6.91. The van der Waals surface area contributed by atoms with Crippen LogP contribution in [0.15, 0.2) is 24.3 Å². The first-order chi connectivity index (χ1) is 9.99. The van der Waals surface area contributed by atoms with Gasteiger partial charge < -0.3 is 15.7 Å². The normalized spacial score (nSPS) is 14.9. The Bertz CT molecular complexity index is 565. The molecule has 1 aromatic rings. The second-order valence-electron chi connectivity index (χ2n) is 5.21. The van der Waals surface area contributed by atoms with Crippen molar-refractivity contribution in [3.05, 3.63) is 35.4 Å². The summed E-state index contributed by atoms with van der Waals surface area (Å²) in [7, 11) is 0. The lowest BCUT2D eigenvalue weighted by Crippen LogP contribution is -2.42. The van der Waals surface area contributed by atoms with E-state index in [1.54, 1.807) is 12.1 Å². The average Bonchev–Trinajstić information content (AvgIpc) is 2.98. The van der Waals surface area contributed by atoms with Crippen LogP contribution in [-0.4, -0.2) is 40.4 Å².